The maximum Gasteiger partial charge on any atom is 0.481 e. The number of anilines is 1. The lowest BCUT2D eigenvalue weighted by Crippen LogP contribution is -2.46. The Morgan fingerprint density at radius 2 is 1.64 bits per heavy atom. The predicted molar refractivity (Wildman–Crippen MR) is 147 cm³/mol. The van der Waals surface area contributed by atoms with E-state index < -0.39 is 77.9 Å². The Morgan fingerprint density at radius 3 is 2.30 bits per heavy atom. The lowest BCUT2D eigenvalue weighted by atomic mass is 10.1. The van der Waals surface area contributed by atoms with Crippen LogP contribution in [0, 0.1) is 0 Å². The van der Waals surface area contributed by atoms with Crippen LogP contribution in [0.15, 0.2) is 37.2 Å². The number of imidazole rings is 1. The number of phosphoric acid groups is 2. The average Bonchev–Trinajstić information content (AvgIpc) is 3.61. The van der Waals surface area contributed by atoms with Crippen molar-refractivity contribution in [1.82, 2.24) is 19.5 Å². The number of phosphoric ester groups is 2. The minimum absolute atomic E-state index is 0.0574. The van der Waals surface area contributed by atoms with Crippen LogP contribution in [0.2, 0.25) is 0 Å². The highest BCUT2D eigenvalue weighted by Crippen LogP contribution is 2.60. The molecule has 3 aromatic heterocycles. The van der Waals surface area contributed by atoms with Crippen molar-refractivity contribution in [3.8, 4) is 0 Å². The molecule has 0 amide bonds. The first-order chi connectivity index (χ1) is 20.7. The normalized spacial score (nSPS) is 31.6. The van der Waals surface area contributed by atoms with E-state index in [1.54, 1.807) is 12.1 Å². The van der Waals surface area contributed by atoms with E-state index in [-0.39, 0.29) is 22.0 Å². The van der Waals surface area contributed by atoms with Crippen molar-refractivity contribution in [3.63, 3.8) is 0 Å². The number of hydrogen-bond donors (Lipinski definition) is 8. The van der Waals surface area contributed by atoms with Crippen LogP contribution in [0.25, 0.3) is 11.2 Å². The number of rotatable bonds is 11. The van der Waals surface area contributed by atoms with E-state index in [9.17, 15) is 39.3 Å². The van der Waals surface area contributed by atoms with Crippen LogP contribution in [-0.4, -0.2) is 105 Å². The van der Waals surface area contributed by atoms with Crippen molar-refractivity contribution in [2.24, 2.45) is 5.73 Å². The van der Waals surface area contributed by atoms with Gasteiger partial charge in [0.25, 0.3) is 6.23 Å². The van der Waals surface area contributed by atoms with Gasteiger partial charge in [-0.3, -0.25) is 13.6 Å². The van der Waals surface area contributed by atoms with Crippen molar-refractivity contribution in [2.45, 2.75) is 49.1 Å². The molecule has 5 rings (SSSR count). The Labute approximate surface area is 252 Å². The second kappa shape index (κ2) is 12.7. The molecule has 10 N–H and O–H groups in total. The van der Waals surface area contributed by atoms with E-state index in [1.807, 2.05) is 0 Å². The standard InChI is InChI=1S/C21H27N7O13P2S/c22-17-12-19(25-7-24-17)28(8-26-12)21-16(32)14(30)11(40-21)6-38-43(35,36)41-42(33,34)37-5-10-13(29)15(31)20(39-10)27-3-1-2-9(4-27)18(23)44/h1-4,7-8,10-11,13-16,20-21,29-32H,5-6H2,(H5-,22,23,24,25,33,34,35,36,44)/p+1/t10-,11+,13+,14-,15+,16-,20-,21-/m0/s1. The second-order valence-corrected chi connectivity index (χ2v) is 13.2. The maximum atomic E-state index is 12.4. The third kappa shape index (κ3) is 6.81. The predicted octanol–water partition coefficient (Wildman–Crippen LogP) is -2.48. The van der Waals surface area contributed by atoms with Gasteiger partial charge in [-0.15, -0.1) is 0 Å². The van der Waals surface area contributed by atoms with Gasteiger partial charge in [-0.1, -0.05) is 12.2 Å². The van der Waals surface area contributed by atoms with Gasteiger partial charge in [-0.05, 0) is 6.07 Å². The largest absolute Gasteiger partial charge is 0.481 e. The van der Waals surface area contributed by atoms with Gasteiger partial charge in [0.05, 0.1) is 25.1 Å². The summed E-state index contributed by atoms with van der Waals surface area (Å²) < 4.78 is 52.4. The molecule has 0 bridgehead atoms. The first-order valence-electron chi connectivity index (χ1n) is 12.6. The lowest BCUT2D eigenvalue weighted by Gasteiger charge is -2.20. The number of hydrogen-bond acceptors (Lipinski definition) is 16. The molecule has 10 atom stereocenters. The van der Waals surface area contributed by atoms with Crippen LogP contribution in [0.3, 0.4) is 0 Å². The van der Waals surface area contributed by atoms with Crippen LogP contribution in [0.1, 0.15) is 18.0 Å². The number of aliphatic hydroxyl groups is 4. The first-order valence-corrected chi connectivity index (χ1v) is 16.0. The van der Waals surface area contributed by atoms with Crippen molar-refractivity contribution < 1.29 is 66.7 Å². The fourth-order valence-corrected chi connectivity index (χ4v) is 6.79. The number of pyridine rings is 1. The Morgan fingerprint density at radius 1 is 1.00 bits per heavy atom. The molecular formula is C21H28N7O13P2S+. The molecule has 240 valence electrons. The zero-order valence-electron chi connectivity index (χ0n) is 22.2. The zero-order chi connectivity index (χ0) is 32.0. The summed E-state index contributed by atoms with van der Waals surface area (Å²) in [5, 5.41) is 41.7. The highest BCUT2D eigenvalue weighted by atomic mass is 32.1. The van der Waals surface area contributed by atoms with E-state index in [1.165, 1.54) is 27.9 Å². The van der Waals surface area contributed by atoms with Crippen LogP contribution >= 0.6 is 27.9 Å². The van der Waals surface area contributed by atoms with E-state index in [2.05, 4.69) is 19.3 Å². The third-order valence-corrected chi connectivity index (χ3v) is 9.58. The summed E-state index contributed by atoms with van der Waals surface area (Å²) in [7, 11) is -10.7. The van der Waals surface area contributed by atoms with Gasteiger partial charge in [0.1, 0.15) is 47.4 Å². The summed E-state index contributed by atoms with van der Waals surface area (Å²) >= 11 is 4.92. The van der Waals surface area contributed by atoms with Crippen LogP contribution in [0.4, 0.5) is 5.82 Å². The minimum atomic E-state index is -5.35. The van der Waals surface area contributed by atoms with Gasteiger partial charge in [0.15, 0.2) is 36.2 Å². The molecule has 3 aromatic rings. The molecule has 2 unspecified atom stereocenters. The van der Waals surface area contributed by atoms with E-state index in [0.717, 1.165) is 6.33 Å². The fourth-order valence-electron chi connectivity index (χ4n) is 4.58. The molecule has 2 saturated heterocycles. The topological polar surface area (TPSA) is 301 Å². The van der Waals surface area contributed by atoms with Crippen molar-refractivity contribution >= 4 is 49.8 Å². The van der Waals surface area contributed by atoms with Crippen LogP contribution in [-0.2, 0) is 32.0 Å². The van der Waals surface area contributed by atoms with Crippen molar-refractivity contribution in [1.29, 1.82) is 0 Å². The molecule has 2 fully saturated rings. The Bertz CT molecular complexity index is 1630. The molecule has 0 spiro atoms. The van der Waals surface area contributed by atoms with E-state index in [4.69, 9.17) is 42.2 Å². The molecular weight excluding hydrogens is 652 g/mol. The molecule has 20 nitrogen and oxygen atoms in total. The Hall–Kier alpha value is -2.59. The number of nitrogens with zero attached hydrogens (tertiary/aromatic N) is 5. The summed E-state index contributed by atoms with van der Waals surface area (Å²) in [6, 6.07) is 3.18. The molecule has 5 heterocycles. The van der Waals surface area contributed by atoms with Crippen LogP contribution in [0.5, 0.6) is 0 Å². The van der Waals surface area contributed by atoms with Gasteiger partial charge >= 0.3 is 15.6 Å². The van der Waals surface area contributed by atoms with E-state index in [0.29, 0.717) is 5.56 Å². The molecule has 0 aromatic carbocycles. The van der Waals surface area contributed by atoms with Gasteiger partial charge in [0, 0.05) is 6.07 Å². The smallest absolute Gasteiger partial charge is 0.389 e. The molecule has 0 radical (unpaired) electrons. The summed E-state index contributed by atoms with van der Waals surface area (Å²) in [6.45, 7) is -1.74. The summed E-state index contributed by atoms with van der Waals surface area (Å²) in [6.07, 6.45) is -6.22. The quantitative estimate of drug-likeness (QED) is 0.0590. The van der Waals surface area contributed by atoms with Crippen molar-refractivity contribution in [3.05, 3.63) is 42.7 Å². The Balaban J connectivity index is 1.16. The number of fused-ring (bicyclic) bond motifs is 1. The second-order valence-electron chi connectivity index (χ2n) is 9.69. The number of aliphatic hydroxyl groups excluding tert-OH is 4. The molecule has 44 heavy (non-hydrogen) atoms. The SMILES string of the molecule is NC(=S)c1ccc[n+]([C@H]2O[C@@H](COP(=O)(O)OP(=O)(O)OC[C@H]3O[C@H](n4cnc5c(N)ncnc54)[C@@H](O)[C@H]3O)[C@@H](O)[C@H]2O)c1. The van der Waals surface area contributed by atoms with Gasteiger partial charge in [-0.25, -0.2) is 24.1 Å². The highest BCUT2D eigenvalue weighted by molar-refractivity contribution is 7.80. The monoisotopic (exact) mass is 680 g/mol. The number of ether oxygens (including phenoxy) is 2. The van der Waals surface area contributed by atoms with Gasteiger partial charge in [-0.2, -0.15) is 8.88 Å². The number of nitrogen functional groups attached to an aromatic ring is 1. The number of thiocarbonyl (C=S) groups is 1. The molecule has 0 saturated carbocycles. The summed E-state index contributed by atoms with van der Waals surface area (Å²) in [5.74, 6) is 0.0574. The third-order valence-electron chi connectivity index (χ3n) is 6.75. The molecule has 23 heteroatoms. The molecule has 2 aliphatic rings. The van der Waals surface area contributed by atoms with E-state index >= 15 is 0 Å². The summed E-state index contributed by atoms with van der Waals surface area (Å²) in [4.78, 5) is 32.0. The summed E-state index contributed by atoms with van der Waals surface area (Å²) in [5.41, 5.74) is 12.2. The first kappa shape index (κ1) is 32.8. The van der Waals surface area contributed by atoms with Gasteiger partial charge in [0.2, 0.25) is 0 Å². The van der Waals surface area contributed by atoms with Crippen LogP contribution < -0.4 is 16.0 Å². The highest BCUT2D eigenvalue weighted by Gasteiger charge is 2.50. The Kier molecular flexibility index (Phi) is 9.44. The maximum absolute atomic E-state index is 12.4. The number of nitrogens with two attached hydrogens (primary N) is 2. The van der Waals surface area contributed by atoms with Crippen molar-refractivity contribution in [2.75, 3.05) is 18.9 Å². The zero-order valence-corrected chi connectivity index (χ0v) is 24.8. The minimum Gasteiger partial charge on any atom is -0.389 e. The fraction of sp³-hybridized carbons (Fsp3) is 0.476. The lowest BCUT2D eigenvalue weighted by molar-refractivity contribution is -0.765. The molecule has 0 aliphatic carbocycles. The average molecular weight is 681 g/mol. The number of aromatic nitrogens is 5. The molecule has 2 aliphatic heterocycles. The van der Waals surface area contributed by atoms with Gasteiger partial charge < -0.3 is 51.2 Å².